The van der Waals surface area contributed by atoms with Gasteiger partial charge in [-0.05, 0) is 45.2 Å². The highest BCUT2D eigenvalue weighted by molar-refractivity contribution is 5.13. The van der Waals surface area contributed by atoms with Crippen LogP contribution < -0.4 is 0 Å². The molecule has 2 unspecified atom stereocenters. The minimum absolute atomic E-state index is 0.486. The van der Waals surface area contributed by atoms with Crippen LogP contribution in [0.5, 0.6) is 0 Å². The number of hydrogen-bond acceptors (Lipinski definition) is 3. The van der Waals surface area contributed by atoms with Gasteiger partial charge in [-0.2, -0.15) is 5.10 Å². The van der Waals surface area contributed by atoms with Gasteiger partial charge in [0.1, 0.15) is 0 Å². The van der Waals surface area contributed by atoms with Crippen molar-refractivity contribution in [3.8, 4) is 0 Å². The Morgan fingerprint density at radius 1 is 1.50 bits per heavy atom. The zero-order chi connectivity index (χ0) is 14.2. The molecule has 2 saturated carbocycles. The molecule has 1 aromatic heterocycles. The van der Waals surface area contributed by atoms with Crippen LogP contribution >= 0.6 is 0 Å². The first-order valence-corrected chi connectivity index (χ1v) is 7.95. The van der Waals surface area contributed by atoms with E-state index in [1.807, 2.05) is 17.9 Å². The van der Waals surface area contributed by atoms with Gasteiger partial charge in [-0.3, -0.25) is 4.68 Å². The van der Waals surface area contributed by atoms with E-state index in [1.165, 1.54) is 31.2 Å². The van der Waals surface area contributed by atoms with E-state index in [2.05, 4.69) is 30.2 Å². The van der Waals surface area contributed by atoms with E-state index in [0.29, 0.717) is 11.5 Å². The maximum absolute atomic E-state index is 5.94. The lowest BCUT2D eigenvalue weighted by Gasteiger charge is -2.63. The van der Waals surface area contributed by atoms with Crippen molar-refractivity contribution in [2.24, 2.45) is 12.5 Å². The van der Waals surface area contributed by atoms with Gasteiger partial charge in [0.2, 0.25) is 0 Å². The minimum atomic E-state index is 0.486. The Hall–Kier alpha value is -0.870. The molecule has 4 heteroatoms. The zero-order valence-corrected chi connectivity index (χ0v) is 13.0. The molecule has 2 aliphatic carbocycles. The summed E-state index contributed by atoms with van der Waals surface area (Å²) >= 11 is 0. The summed E-state index contributed by atoms with van der Waals surface area (Å²) in [5.41, 5.74) is 1.82. The summed E-state index contributed by atoms with van der Waals surface area (Å²) in [5.74, 6) is 0. The monoisotopic (exact) mass is 277 g/mol. The maximum Gasteiger partial charge on any atom is 0.0661 e. The third-order valence-electron chi connectivity index (χ3n) is 5.44. The number of ether oxygens (including phenoxy) is 1. The third-order valence-corrected chi connectivity index (χ3v) is 5.44. The molecule has 2 atom stereocenters. The van der Waals surface area contributed by atoms with Crippen molar-refractivity contribution in [2.75, 3.05) is 20.2 Å². The van der Waals surface area contributed by atoms with Gasteiger partial charge in [-0.1, -0.05) is 6.42 Å². The van der Waals surface area contributed by atoms with Gasteiger partial charge in [-0.15, -0.1) is 0 Å². The molecule has 1 spiro atoms. The fourth-order valence-corrected chi connectivity index (χ4v) is 4.08. The Labute approximate surface area is 122 Å². The van der Waals surface area contributed by atoms with E-state index in [-0.39, 0.29) is 0 Å². The molecule has 2 aliphatic rings. The Kier molecular flexibility index (Phi) is 3.87. The Morgan fingerprint density at radius 2 is 2.30 bits per heavy atom. The highest BCUT2D eigenvalue weighted by Crippen LogP contribution is 2.58. The smallest absolute Gasteiger partial charge is 0.0661 e. The molecule has 3 rings (SSSR count). The summed E-state index contributed by atoms with van der Waals surface area (Å²) in [6.07, 6.45) is 11.0. The second kappa shape index (κ2) is 5.49. The van der Waals surface area contributed by atoms with Crippen LogP contribution in [0.15, 0.2) is 12.4 Å². The van der Waals surface area contributed by atoms with Gasteiger partial charge < -0.3 is 9.64 Å². The van der Waals surface area contributed by atoms with E-state index >= 15 is 0 Å². The van der Waals surface area contributed by atoms with Crippen LogP contribution in [0.2, 0.25) is 0 Å². The van der Waals surface area contributed by atoms with E-state index in [0.717, 1.165) is 25.6 Å². The molecule has 2 fully saturated rings. The molecule has 0 bridgehead atoms. The average Bonchev–Trinajstić information content (AvgIpc) is 2.75. The first kappa shape index (κ1) is 14.1. The number of rotatable bonds is 6. The SMILES string of the molecule is CCOC1CC(N(C)CCc2cnn(C)c2)C12CCC2. The summed E-state index contributed by atoms with van der Waals surface area (Å²) in [4.78, 5) is 2.56. The van der Waals surface area contributed by atoms with Gasteiger partial charge in [0.15, 0.2) is 0 Å². The van der Waals surface area contributed by atoms with Crippen molar-refractivity contribution in [1.29, 1.82) is 0 Å². The largest absolute Gasteiger partial charge is 0.378 e. The van der Waals surface area contributed by atoms with Crippen molar-refractivity contribution < 1.29 is 4.74 Å². The van der Waals surface area contributed by atoms with E-state index < -0.39 is 0 Å². The number of hydrogen-bond donors (Lipinski definition) is 0. The lowest BCUT2D eigenvalue weighted by atomic mass is 9.50. The Morgan fingerprint density at radius 3 is 2.85 bits per heavy atom. The van der Waals surface area contributed by atoms with Crippen LogP contribution in [-0.4, -0.2) is 47.0 Å². The maximum atomic E-state index is 5.94. The van der Waals surface area contributed by atoms with Crippen LogP contribution in [0.4, 0.5) is 0 Å². The summed E-state index contributed by atoms with van der Waals surface area (Å²) in [6.45, 7) is 4.10. The highest BCUT2D eigenvalue weighted by atomic mass is 16.5. The number of aryl methyl sites for hydroxylation is 1. The molecule has 0 amide bonds. The molecule has 20 heavy (non-hydrogen) atoms. The quantitative estimate of drug-likeness (QED) is 0.799. The Balaban J connectivity index is 1.54. The van der Waals surface area contributed by atoms with Gasteiger partial charge in [0, 0.05) is 37.9 Å². The van der Waals surface area contributed by atoms with Crippen LogP contribution in [-0.2, 0) is 18.2 Å². The van der Waals surface area contributed by atoms with Crippen LogP contribution in [0.3, 0.4) is 0 Å². The first-order valence-electron chi connectivity index (χ1n) is 7.95. The van der Waals surface area contributed by atoms with Gasteiger partial charge in [0.25, 0.3) is 0 Å². The molecule has 0 aliphatic heterocycles. The molecule has 112 valence electrons. The molecular weight excluding hydrogens is 250 g/mol. The topological polar surface area (TPSA) is 30.3 Å². The molecule has 0 N–H and O–H groups in total. The number of likely N-dealkylation sites (N-methyl/N-ethyl adjacent to an activating group) is 1. The summed E-state index contributed by atoms with van der Waals surface area (Å²) in [7, 11) is 4.26. The van der Waals surface area contributed by atoms with Crippen molar-refractivity contribution in [1.82, 2.24) is 14.7 Å². The average molecular weight is 277 g/mol. The van der Waals surface area contributed by atoms with Crippen LogP contribution in [0, 0.1) is 5.41 Å². The standard InChI is InChI=1S/C16H27N3O/c1-4-20-15-10-14(16(15)7-5-8-16)18(2)9-6-13-11-17-19(3)12-13/h11-12,14-15H,4-10H2,1-3H3. The van der Waals surface area contributed by atoms with Crippen molar-refractivity contribution in [3.63, 3.8) is 0 Å². The van der Waals surface area contributed by atoms with Gasteiger partial charge in [-0.25, -0.2) is 0 Å². The predicted molar refractivity (Wildman–Crippen MR) is 79.6 cm³/mol. The molecule has 1 aromatic rings. The molecule has 0 saturated heterocycles. The zero-order valence-electron chi connectivity index (χ0n) is 13.0. The van der Waals surface area contributed by atoms with Crippen LogP contribution in [0.1, 0.15) is 38.2 Å². The molecule has 1 heterocycles. The lowest BCUT2D eigenvalue weighted by molar-refractivity contribution is -0.199. The fourth-order valence-electron chi connectivity index (χ4n) is 4.08. The van der Waals surface area contributed by atoms with E-state index in [4.69, 9.17) is 4.74 Å². The number of nitrogens with zero attached hydrogens (tertiary/aromatic N) is 3. The Bertz CT molecular complexity index is 452. The second-order valence-electron chi connectivity index (χ2n) is 6.54. The second-order valence-corrected chi connectivity index (χ2v) is 6.54. The molecule has 4 nitrogen and oxygen atoms in total. The molecule has 0 radical (unpaired) electrons. The van der Waals surface area contributed by atoms with Crippen molar-refractivity contribution >= 4 is 0 Å². The van der Waals surface area contributed by atoms with Crippen molar-refractivity contribution in [3.05, 3.63) is 18.0 Å². The van der Waals surface area contributed by atoms with Crippen LogP contribution in [0.25, 0.3) is 0 Å². The molecule has 0 aromatic carbocycles. The van der Waals surface area contributed by atoms with E-state index in [9.17, 15) is 0 Å². The predicted octanol–water partition coefficient (Wildman–Crippen LogP) is 2.24. The minimum Gasteiger partial charge on any atom is -0.378 e. The van der Waals surface area contributed by atoms with E-state index in [1.54, 1.807) is 0 Å². The van der Waals surface area contributed by atoms with Gasteiger partial charge in [0.05, 0.1) is 12.3 Å². The summed E-state index contributed by atoms with van der Waals surface area (Å²) in [5, 5.41) is 4.24. The fraction of sp³-hybridized carbons (Fsp3) is 0.812. The summed E-state index contributed by atoms with van der Waals surface area (Å²) < 4.78 is 7.83. The first-order chi connectivity index (χ1) is 9.65. The lowest BCUT2D eigenvalue weighted by Crippen LogP contribution is -2.67. The highest BCUT2D eigenvalue weighted by Gasteiger charge is 2.59. The molecular formula is C16H27N3O. The normalized spacial score (nSPS) is 27.6. The summed E-state index contributed by atoms with van der Waals surface area (Å²) in [6, 6.07) is 0.726. The third kappa shape index (κ3) is 2.29. The number of aromatic nitrogens is 2. The van der Waals surface area contributed by atoms with Crippen molar-refractivity contribution in [2.45, 2.75) is 51.2 Å². The van der Waals surface area contributed by atoms with Gasteiger partial charge >= 0.3 is 0 Å².